The van der Waals surface area contributed by atoms with E-state index < -0.39 is 0 Å². The van der Waals surface area contributed by atoms with Crippen LogP contribution in [0.25, 0.3) is 21.2 Å². The summed E-state index contributed by atoms with van der Waals surface area (Å²) in [4.78, 5) is 16.4. The van der Waals surface area contributed by atoms with Crippen LogP contribution in [-0.2, 0) is 4.79 Å². The van der Waals surface area contributed by atoms with Crippen molar-refractivity contribution in [2.75, 3.05) is 11.9 Å². The molecule has 0 saturated heterocycles. The first-order valence-corrected chi connectivity index (χ1v) is 8.92. The zero-order valence-electron chi connectivity index (χ0n) is 14.0. The molecular formula is C19H16N4O2S. The molecule has 4 rings (SSSR count). The third-order valence-electron chi connectivity index (χ3n) is 3.82. The fraction of sp³-hybridized carbons (Fsp3) is 0.105. The summed E-state index contributed by atoms with van der Waals surface area (Å²) in [6.45, 7) is 1.88. The van der Waals surface area contributed by atoms with Crippen LogP contribution in [-0.4, -0.2) is 23.1 Å². The van der Waals surface area contributed by atoms with E-state index in [0.717, 1.165) is 21.2 Å². The van der Waals surface area contributed by atoms with Crippen LogP contribution in [0, 0.1) is 0 Å². The molecule has 7 heteroatoms. The summed E-state index contributed by atoms with van der Waals surface area (Å²) in [5, 5.41) is 8.84. The average Bonchev–Trinajstić information content (AvgIpc) is 3.27. The van der Waals surface area contributed by atoms with E-state index in [2.05, 4.69) is 20.8 Å². The second-order valence-electron chi connectivity index (χ2n) is 5.72. The molecule has 0 fully saturated rings. The Bertz CT molecular complexity index is 1050. The molecule has 2 heterocycles. The van der Waals surface area contributed by atoms with E-state index >= 15 is 0 Å². The highest BCUT2D eigenvalue weighted by atomic mass is 32.1. The maximum absolute atomic E-state index is 12.0. The standard InChI is InChI=1S/C19H16N4O2S/c1-12(16-10-13-6-2-4-8-15(13)25-16)22-23-18(24)11-20-19-21-14-7-3-5-9-17(14)26-19/h2-10H,11H2,1H3,(H,20,21)(H,23,24)/b22-12-. The molecular weight excluding hydrogens is 348 g/mol. The van der Waals surface area contributed by atoms with Gasteiger partial charge in [-0.15, -0.1) is 0 Å². The molecule has 6 nitrogen and oxygen atoms in total. The zero-order valence-corrected chi connectivity index (χ0v) is 14.8. The van der Waals surface area contributed by atoms with Crippen molar-refractivity contribution in [1.82, 2.24) is 10.4 Å². The van der Waals surface area contributed by atoms with E-state index in [0.29, 0.717) is 16.6 Å². The van der Waals surface area contributed by atoms with Gasteiger partial charge in [0.05, 0.1) is 16.8 Å². The number of para-hydroxylation sites is 2. The minimum Gasteiger partial charge on any atom is -0.455 e. The molecule has 2 N–H and O–H groups in total. The van der Waals surface area contributed by atoms with Crippen LogP contribution in [0.2, 0.25) is 0 Å². The molecule has 0 atom stereocenters. The number of carbonyl (C=O) groups excluding carboxylic acids is 1. The number of thiazole rings is 1. The third kappa shape index (κ3) is 3.43. The number of amides is 1. The fourth-order valence-corrected chi connectivity index (χ4v) is 3.37. The topological polar surface area (TPSA) is 79.5 Å². The number of anilines is 1. The molecule has 0 aliphatic carbocycles. The van der Waals surface area contributed by atoms with Gasteiger partial charge in [-0.05, 0) is 31.2 Å². The van der Waals surface area contributed by atoms with Gasteiger partial charge in [-0.1, -0.05) is 41.7 Å². The van der Waals surface area contributed by atoms with Gasteiger partial charge in [-0.2, -0.15) is 5.10 Å². The largest absolute Gasteiger partial charge is 0.455 e. The molecule has 1 amide bonds. The van der Waals surface area contributed by atoms with Crippen molar-refractivity contribution >= 4 is 49.3 Å². The number of nitrogens with zero attached hydrogens (tertiary/aromatic N) is 2. The van der Waals surface area contributed by atoms with Crippen LogP contribution in [0.5, 0.6) is 0 Å². The summed E-state index contributed by atoms with van der Waals surface area (Å²) in [5.41, 5.74) is 4.85. The first-order valence-electron chi connectivity index (χ1n) is 8.10. The molecule has 0 radical (unpaired) electrons. The van der Waals surface area contributed by atoms with Crippen molar-refractivity contribution in [3.63, 3.8) is 0 Å². The lowest BCUT2D eigenvalue weighted by Crippen LogP contribution is -2.26. The maximum Gasteiger partial charge on any atom is 0.259 e. The van der Waals surface area contributed by atoms with E-state index in [1.54, 1.807) is 6.92 Å². The molecule has 0 bridgehead atoms. The van der Waals surface area contributed by atoms with Gasteiger partial charge in [0.15, 0.2) is 10.9 Å². The molecule has 0 saturated carbocycles. The van der Waals surface area contributed by atoms with Crippen LogP contribution < -0.4 is 10.7 Å². The van der Waals surface area contributed by atoms with E-state index in [9.17, 15) is 4.79 Å². The van der Waals surface area contributed by atoms with Crippen LogP contribution in [0.15, 0.2) is 64.1 Å². The highest BCUT2D eigenvalue weighted by Crippen LogP contribution is 2.25. The number of benzene rings is 2. The van der Waals surface area contributed by atoms with Gasteiger partial charge in [0.2, 0.25) is 0 Å². The Labute approximate surface area is 153 Å². The predicted molar refractivity (Wildman–Crippen MR) is 105 cm³/mol. The Morgan fingerprint density at radius 3 is 2.85 bits per heavy atom. The van der Waals surface area contributed by atoms with Gasteiger partial charge < -0.3 is 9.73 Å². The quantitative estimate of drug-likeness (QED) is 0.414. The van der Waals surface area contributed by atoms with Crippen molar-refractivity contribution in [3.05, 3.63) is 60.4 Å². The number of hydrogen-bond acceptors (Lipinski definition) is 6. The van der Waals surface area contributed by atoms with Crippen LogP contribution in [0.1, 0.15) is 12.7 Å². The van der Waals surface area contributed by atoms with Gasteiger partial charge in [0, 0.05) is 5.39 Å². The molecule has 130 valence electrons. The number of furan rings is 1. The van der Waals surface area contributed by atoms with Gasteiger partial charge in [0.25, 0.3) is 5.91 Å². The highest BCUT2D eigenvalue weighted by Gasteiger charge is 2.08. The van der Waals surface area contributed by atoms with E-state index in [4.69, 9.17) is 4.42 Å². The third-order valence-corrected chi connectivity index (χ3v) is 4.82. The van der Waals surface area contributed by atoms with E-state index in [-0.39, 0.29) is 12.5 Å². The molecule has 0 spiro atoms. The lowest BCUT2D eigenvalue weighted by molar-refractivity contribution is -0.119. The number of rotatable bonds is 5. The van der Waals surface area contributed by atoms with Crippen molar-refractivity contribution in [3.8, 4) is 0 Å². The second-order valence-corrected chi connectivity index (χ2v) is 6.75. The first kappa shape index (κ1) is 16.3. The second kappa shape index (κ2) is 6.97. The summed E-state index contributed by atoms with van der Waals surface area (Å²) in [7, 11) is 0. The predicted octanol–water partition coefficient (Wildman–Crippen LogP) is 3.99. The van der Waals surface area contributed by atoms with Crippen molar-refractivity contribution in [2.45, 2.75) is 6.92 Å². The Hall–Kier alpha value is -3.19. The number of carbonyl (C=O) groups is 1. The van der Waals surface area contributed by atoms with E-state index in [1.807, 2.05) is 54.6 Å². The molecule has 2 aromatic carbocycles. The molecule has 0 aliphatic heterocycles. The summed E-state index contributed by atoms with van der Waals surface area (Å²) >= 11 is 1.51. The van der Waals surface area contributed by atoms with Gasteiger partial charge >= 0.3 is 0 Å². The number of aromatic nitrogens is 1. The summed E-state index contributed by atoms with van der Waals surface area (Å²) < 4.78 is 6.80. The van der Waals surface area contributed by atoms with E-state index in [1.165, 1.54) is 11.3 Å². The lowest BCUT2D eigenvalue weighted by atomic mass is 10.2. The fourth-order valence-electron chi connectivity index (χ4n) is 2.50. The summed E-state index contributed by atoms with van der Waals surface area (Å²) in [5.74, 6) is 0.380. The average molecular weight is 364 g/mol. The minimum atomic E-state index is -0.250. The Balaban J connectivity index is 1.37. The van der Waals surface area contributed by atoms with Crippen LogP contribution in [0.3, 0.4) is 0 Å². The SMILES string of the molecule is C/C(=N/NC(=O)CNc1nc2ccccc2s1)c1cc2ccccc2o1. The van der Waals surface area contributed by atoms with Crippen molar-refractivity contribution < 1.29 is 9.21 Å². The minimum absolute atomic E-state index is 0.0940. The maximum atomic E-state index is 12.0. The summed E-state index contributed by atoms with van der Waals surface area (Å²) in [6.07, 6.45) is 0. The molecule has 0 unspecified atom stereocenters. The lowest BCUT2D eigenvalue weighted by Gasteiger charge is -2.02. The molecule has 0 aliphatic rings. The van der Waals surface area contributed by atoms with Crippen LogP contribution >= 0.6 is 11.3 Å². The monoisotopic (exact) mass is 364 g/mol. The zero-order chi connectivity index (χ0) is 17.9. The Morgan fingerprint density at radius 2 is 2.00 bits per heavy atom. The Morgan fingerprint density at radius 1 is 1.19 bits per heavy atom. The molecule has 26 heavy (non-hydrogen) atoms. The smallest absolute Gasteiger partial charge is 0.259 e. The molecule has 2 aromatic heterocycles. The van der Waals surface area contributed by atoms with Gasteiger partial charge in [0.1, 0.15) is 11.3 Å². The number of fused-ring (bicyclic) bond motifs is 2. The number of nitrogens with one attached hydrogen (secondary N) is 2. The normalized spacial score (nSPS) is 11.8. The van der Waals surface area contributed by atoms with Crippen molar-refractivity contribution in [2.24, 2.45) is 5.10 Å². The van der Waals surface area contributed by atoms with Crippen molar-refractivity contribution in [1.29, 1.82) is 0 Å². The van der Waals surface area contributed by atoms with Crippen LogP contribution in [0.4, 0.5) is 5.13 Å². The van der Waals surface area contributed by atoms with Gasteiger partial charge in [-0.3, -0.25) is 4.79 Å². The number of hydrazone groups is 1. The highest BCUT2D eigenvalue weighted by molar-refractivity contribution is 7.22. The van der Waals surface area contributed by atoms with Gasteiger partial charge in [-0.25, -0.2) is 10.4 Å². The Kier molecular flexibility index (Phi) is 4.37. The molecule has 4 aromatic rings. The number of hydrogen-bond donors (Lipinski definition) is 2. The first-order chi connectivity index (χ1) is 12.7. The summed E-state index contributed by atoms with van der Waals surface area (Å²) in [6, 6.07) is 17.5.